The van der Waals surface area contributed by atoms with E-state index in [9.17, 15) is 8.42 Å². The Kier molecular flexibility index (Phi) is 5.03. The molecule has 0 aliphatic rings. The van der Waals surface area contributed by atoms with Crippen LogP contribution < -0.4 is 4.72 Å². The number of fused-ring (bicyclic) bond motifs is 1. The van der Waals surface area contributed by atoms with Crippen LogP contribution in [0.3, 0.4) is 0 Å². The second-order valence-corrected chi connectivity index (χ2v) is 8.21. The van der Waals surface area contributed by atoms with Crippen molar-refractivity contribution < 1.29 is 13.2 Å². The Hall–Kier alpha value is -3.24. The van der Waals surface area contributed by atoms with Gasteiger partial charge in [-0.2, -0.15) is 10.2 Å². The number of aromatic nitrogens is 5. The summed E-state index contributed by atoms with van der Waals surface area (Å²) in [7, 11) is -2.22. The first kappa shape index (κ1) is 19.1. The van der Waals surface area contributed by atoms with E-state index in [1.54, 1.807) is 47.1 Å². The molecule has 4 rings (SSSR count). The lowest BCUT2D eigenvalue weighted by Gasteiger charge is -2.11. The van der Waals surface area contributed by atoms with Gasteiger partial charge in [0.05, 0.1) is 36.7 Å². The van der Waals surface area contributed by atoms with Crippen LogP contribution in [0.5, 0.6) is 0 Å². The second kappa shape index (κ2) is 7.64. The molecule has 0 unspecified atom stereocenters. The Bertz CT molecular complexity index is 1240. The highest BCUT2D eigenvalue weighted by Crippen LogP contribution is 2.26. The average molecular weight is 412 g/mol. The van der Waals surface area contributed by atoms with Crippen molar-refractivity contribution in [3.05, 3.63) is 60.7 Å². The number of nitrogens with zero attached hydrogens (tertiary/aromatic N) is 5. The zero-order valence-electron chi connectivity index (χ0n) is 16.0. The van der Waals surface area contributed by atoms with Gasteiger partial charge in [-0.15, -0.1) is 0 Å². The topological polar surface area (TPSA) is 104 Å². The van der Waals surface area contributed by atoms with Crippen molar-refractivity contribution in [2.45, 2.75) is 18.4 Å². The average Bonchev–Trinajstić information content (AvgIpc) is 3.33. The van der Waals surface area contributed by atoms with Crippen LogP contribution in [0.2, 0.25) is 0 Å². The van der Waals surface area contributed by atoms with E-state index in [4.69, 9.17) is 4.74 Å². The summed E-state index contributed by atoms with van der Waals surface area (Å²) in [6, 6.07) is 8.49. The fourth-order valence-corrected chi connectivity index (χ4v) is 3.99. The molecule has 3 heterocycles. The SMILES string of the molecule is COCCn1ncc2cccc(NS(=O)(=O)c3ccc(-n4cc(C)cn4)nc3)c21. The Labute approximate surface area is 168 Å². The van der Waals surface area contributed by atoms with Gasteiger partial charge in [0.2, 0.25) is 0 Å². The predicted octanol–water partition coefficient (Wildman–Crippen LogP) is 2.37. The van der Waals surface area contributed by atoms with Crippen molar-refractivity contribution in [1.29, 1.82) is 0 Å². The van der Waals surface area contributed by atoms with Gasteiger partial charge in [0.25, 0.3) is 10.0 Å². The molecule has 0 bridgehead atoms. The lowest BCUT2D eigenvalue weighted by atomic mass is 10.2. The van der Waals surface area contributed by atoms with Crippen LogP contribution >= 0.6 is 0 Å². The molecule has 0 saturated heterocycles. The molecule has 0 aliphatic carbocycles. The molecule has 9 nitrogen and oxygen atoms in total. The summed E-state index contributed by atoms with van der Waals surface area (Å²) in [5.74, 6) is 0.539. The van der Waals surface area contributed by atoms with Crippen LogP contribution in [0.15, 0.2) is 60.0 Å². The molecule has 10 heteroatoms. The van der Waals surface area contributed by atoms with Crippen LogP contribution in [0.1, 0.15) is 5.56 Å². The number of rotatable bonds is 7. The molecule has 1 aromatic carbocycles. The Balaban J connectivity index is 1.64. The molecule has 1 N–H and O–H groups in total. The maximum absolute atomic E-state index is 12.9. The molecule has 3 aromatic heterocycles. The summed E-state index contributed by atoms with van der Waals surface area (Å²) in [6.07, 6.45) is 6.54. The number of ether oxygens (including phenoxy) is 1. The molecule has 0 radical (unpaired) electrons. The zero-order valence-corrected chi connectivity index (χ0v) is 16.8. The number of hydrogen-bond acceptors (Lipinski definition) is 6. The monoisotopic (exact) mass is 412 g/mol. The van der Waals surface area contributed by atoms with Gasteiger partial charge in [0, 0.05) is 24.9 Å². The van der Waals surface area contributed by atoms with E-state index >= 15 is 0 Å². The van der Waals surface area contributed by atoms with E-state index in [-0.39, 0.29) is 4.90 Å². The van der Waals surface area contributed by atoms with E-state index in [1.807, 2.05) is 19.2 Å². The summed E-state index contributed by atoms with van der Waals surface area (Å²) in [4.78, 5) is 4.29. The third kappa shape index (κ3) is 3.84. The molecule has 0 saturated carbocycles. The maximum atomic E-state index is 12.9. The first-order chi connectivity index (χ1) is 14.0. The standard InChI is InChI=1S/C19H20N6O3S/c1-14-10-21-25(13-14)18-7-6-16(12-20-18)29(26,27)23-17-5-3-4-15-11-22-24(19(15)17)8-9-28-2/h3-7,10-13,23H,8-9H2,1-2H3. The molecule has 0 fully saturated rings. The zero-order chi connectivity index (χ0) is 20.4. The minimum Gasteiger partial charge on any atom is -0.383 e. The van der Waals surface area contributed by atoms with Gasteiger partial charge < -0.3 is 4.74 Å². The third-order valence-electron chi connectivity index (χ3n) is 4.39. The number of nitrogens with one attached hydrogen (secondary N) is 1. The van der Waals surface area contributed by atoms with Gasteiger partial charge in [-0.3, -0.25) is 9.40 Å². The van der Waals surface area contributed by atoms with Crippen LogP contribution in [0, 0.1) is 6.92 Å². The highest BCUT2D eigenvalue weighted by Gasteiger charge is 2.18. The minimum atomic E-state index is -3.83. The number of para-hydroxylation sites is 1. The number of benzene rings is 1. The fraction of sp³-hybridized carbons (Fsp3) is 0.211. The van der Waals surface area contributed by atoms with E-state index in [0.717, 1.165) is 10.9 Å². The Morgan fingerprint density at radius 3 is 2.66 bits per heavy atom. The van der Waals surface area contributed by atoms with E-state index in [2.05, 4.69) is 19.9 Å². The Morgan fingerprint density at radius 1 is 1.10 bits per heavy atom. The number of anilines is 1. The first-order valence-corrected chi connectivity index (χ1v) is 10.4. The van der Waals surface area contributed by atoms with Crippen molar-refractivity contribution in [2.75, 3.05) is 18.4 Å². The van der Waals surface area contributed by atoms with Crippen molar-refractivity contribution in [1.82, 2.24) is 24.5 Å². The van der Waals surface area contributed by atoms with Crippen LogP contribution in [0.25, 0.3) is 16.7 Å². The number of methoxy groups -OCH3 is 1. The van der Waals surface area contributed by atoms with Gasteiger partial charge in [0.1, 0.15) is 4.90 Å². The normalized spacial score (nSPS) is 11.8. The van der Waals surface area contributed by atoms with Gasteiger partial charge in [-0.1, -0.05) is 12.1 Å². The molecule has 0 atom stereocenters. The van der Waals surface area contributed by atoms with Gasteiger partial charge in [0.15, 0.2) is 5.82 Å². The number of hydrogen-bond donors (Lipinski definition) is 1. The molecule has 150 valence electrons. The van der Waals surface area contributed by atoms with Crippen LogP contribution in [-0.4, -0.2) is 46.7 Å². The third-order valence-corrected chi connectivity index (χ3v) is 5.74. The maximum Gasteiger partial charge on any atom is 0.263 e. The predicted molar refractivity (Wildman–Crippen MR) is 109 cm³/mol. The van der Waals surface area contributed by atoms with E-state index < -0.39 is 10.0 Å². The number of aryl methyl sites for hydroxylation is 1. The lowest BCUT2D eigenvalue weighted by molar-refractivity contribution is 0.185. The van der Waals surface area contributed by atoms with Crippen LogP contribution in [0.4, 0.5) is 5.69 Å². The molecular weight excluding hydrogens is 392 g/mol. The highest BCUT2D eigenvalue weighted by molar-refractivity contribution is 7.92. The molecular formula is C19H20N6O3S. The fourth-order valence-electron chi connectivity index (χ4n) is 2.98. The van der Waals surface area contributed by atoms with Crippen molar-refractivity contribution in [3.8, 4) is 5.82 Å². The summed E-state index contributed by atoms with van der Waals surface area (Å²) < 4.78 is 36.9. The van der Waals surface area contributed by atoms with Gasteiger partial charge in [-0.05, 0) is 30.7 Å². The summed E-state index contributed by atoms with van der Waals surface area (Å²) in [5.41, 5.74) is 2.14. The van der Waals surface area contributed by atoms with Crippen LogP contribution in [-0.2, 0) is 21.3 Å². The molecule has 0 amide bonds. The molecule has 29 heavy (non-hydrogen) atoms. The Morgan fingerprint density at radius 2 is 1.97 bits per heavy atom. The quantitative estimate of drug-likeness (QED) is 0.500. The largest absolute Gasteiger partial charge is 0.383 e. The van der Waals surface area contributed by atoms with E-state index in [0.29, 0.717) is 30.2 Å². The second-order valence-electron chi connectivity index (χ2n) is 6.52. The van der Waals surface area contributed by atoms with Gasteiger partial charge in [-0.25, -0.2) is 18.1 Å². The van der Waals surface area contributed by atoms with Crippen molar-refractivity contribution >= 4 is 26.6 Å². The lowest BCUT2D eigenvalue weighted by Crippen LogP contribution is -2.15. The van der Waals surface area contributed by atoms with Crippen molar-refractivity contribution in [2.24, 2.45) is 0 Å². The molecule has 0 spiro atoms. The minimum absolute atomic E-state index is 0.0603. The number of sulfonamides is 1. The number of pyridine rings is 1. The van der Waals surface area contributed by atoms with Gasteiger partial charge >= 0.3 is 0 Å². The molecule has 0 aliphatic heterocycles. The first-order valence-electron chi connectivity index (χ1n) is 8.92. The smallest absolute Gasteiger partial charge is 0.263 e. The van der Waals surface area contributed by atoms with Crippen molar-refractivity contribution in [3.63, 3.8) is 0 Å². The summed E-state index contributed by atoms with van der Waals surface area (Å²) in [5, 5.41) is 9.34. The summed E-state index contributed by atoms with van der Waals surface area (Å²) >= 11 is 0. The highest BCUT2D eigenvalue weighted by atomic mass is 32.2. The van der Waals surface area contributed by atoms with E-state index in [1.165, 1.54) is 12.3 Å². The molecule has 4 aromatic rings. The summed E-state index contributed by atoms with van der Waals surface area (Å²) in [6.45, 7) is 2.90.